The Kier molecular flexibility index (Phi) is 9.88. The molecule has 2 aliphatic rings. The Balaban J connectivity index is 1.63. The zero-order valence-corrected chi connectivity index (χ0v) is 22.1. The first-order valence-electron chi connectivity index (χ1n) is 10.1. The molecule has 0 saturated carbocycles. The molecule has 2 saturated heterocycles. The van der Waals surface area contributed by atoms with Gasteiger partial charge in [-0.3, -0.25) is 23.4 Å². The summed E-state index contributed by atoms with van der Waals surface area (Å²) in [6.45, 7) is -1.93. The summed E-state index contributed by atoms with van der Waals surface area (Å²) in [5.74, 6) is 0. The highest BCUT2D eigenvalue weighted by molar-refractivity contribution is 14.1. The van der Waals surface area contributed by atoms with Crippen LogP contribution >= 0.6 is 38.2 Å². The van der Waals surface area contributed by atoms with Crippen LogP contribution < -0.4 is 11.2 Å². The number of aliphatic hydroxyl groups excluding tert-OH is 6. The molecular formula is C15H23IN2O17P2. The van der Waals surface area contributed by atoms with Gasteiger partial charge in [0.15, 0.2) is 12.5 Å². The second-order valence-electron chi connectivity index (χ2n) is 7.81. The summed E-state index contributed by atoms with van der Waals surface area (Å²) in [6, 6.07) is 0. The summed E-state index contributed by atoms with van der Waals surface area (Å²) in [7, 11) is -11.1. The zero-order valence-electron chi connectivity index (χ0n) is 18.2. The van der Waals surface area contributed by atoms with Crippen molar-refractivity contribution in [2.45, 2.75) is 55.2 Å². The van der Waals surface area contributed by atoms with E-state index in [9.17, 15) is 54.0 Å². The molecule has 0 aliphatic carbocycles. The Morgan fingerprint density at radius 3 is 2.19 bits per heavy atom. The highest BCUT2D eigenvalue weighted by Gasteiger charge is 2.49. The minimum atomic E-state index is -5.60. The summed E-state index contributed by atoms with van der Waals surface area (Å²) in [4.78, 5) is 45.1. The quantitative estimate of drug-likeness (QED) is 0.0876. The number of aromatic amines is 1. The number of rotatable bonds is 9. The maximum Gasteiger partial charge on any atom is 0.483 e. The van der Waals surface area contributed by atoms with Gasteiger partial charge in [-0.1, -0.05) is 0 Å². The van der Waals surface area contributed by atoms with Crippen molar-refractivity contribution in [1.29, 1.82) is 0 Å². The third-order valence-electron chi connectivity index (χ3n) is 5.23. The lowest BCUT2D eigenvalue weighted by Crippen LogP contribution is -2.58. The minimum Gasteiger partial charge on any atom is -0.394 e. The van der Waals surface area contributed by atoms with Gasteiger partial charge < -0.3 is 49.9 Å². The third-order valence-corrected chi connectivity index (χ3v) is 8.60. The van der Waals surface area contributed by atoms with E-state index < -0.39 is 95.4 Å². The van der Waals surface area contributed by atoms with E-state index in [0.29, 0.717) is 0 Å². The number of nitrogens with one attached hydrogen (secondary N) is 1. The summed E-state index contributed by atoms with van der Waals surface area (Å²) >= 11 is 1.60. The second kappa shape index (κ2) is 11.8. The molecule has 0 aromatic carbocycles. The van der Waals surface area contributed by atoms with Crippen molar-refractivity contribution >= 4 is 38.2 Å². The zero-order chi connectivity index (χ0) is 27.9. The normalized spacial score (nSPS) is 37.7. The number of hydrogen-bond donors (Lipinski definition) is 9. The van der Waals surface area contributed by atoms with E-state index in [2.05, 4.69) is 13.4 Å². The molecule has 212 valence electrons. The second-order valence-corrected chi connectivity index (χ2v) is 12.0. The lowest BCUT2D eigenvalue weighted by atomic mass is 10.00. The van der Waals surface area contributed by atoms with Gasteiger partial charge in [-0.2, -0.15) is 4.31 Å². The Hall–Kier alpha value is -0.650. The molecule has 9 N–H and O–H groups in total. The molecule has 0 amide bonds. The van der Waals surface area contributed by atoms with Gasteiger partial charge in [-0.15, -0.1) is 0 Å². The van der Waals surface area contributed by atoms with Gasteiger partial charge in [0, 0.05) is 6.20 Å². The van der Waals surface area contributed by atoms with Crippen LogP contribution in [0.1, 0.15) is 6.23 Å². The minimum absolute atomic E-state index is 0.0357. The van der Waals surface area contributed by atoms with Crippen LogP contribution in [0.3, 0.4) is 0 Å². The standard InChI is InChI=1S/C15H23IN2O17P2/c16-4-1-18(15(26)17-12(4)25)13-10(23)8(21)6(32-13)3-31-36(27,28)35-37(29,30)34-14-11(24)9(22)7(20)5(2-19)33-14/h1,5-11,13-14,19-24H,2-3H2,(H,27,28)(H,29,30)(H,17,25,26)/t5-,6-,7-,8-,9+,10-,11-,13-,14-/m1/s1. The van der Waals surface area contributed by atoms with E-state index in [1.54, 1.807) is 22.6 Å². The predicted octanol–water partition coefficient (Wildman–Crippen LogP) is -4.19. The van der Waals surface area contributed by atoms with Crippen LogP contribution in [0.2, 0.25) is 0 Å². The fraction of sp³-hybridized carbons (Fsp3) is 0.733. The number of nitrogens with zero attached hydrogens (tertiary/aromatic N) is 1. The molecule has 1 aromatic heterocycles. The van der Waals surface area contributed by atoms with Crippen LogP contribution in [-0.4, -0.2) is 112 Å². The van der Waals surface area contributed by atoms with Gasteiger partial charge >= 0.3 is 21.3 Å². The average Bonchev–Trinajstić information content (AvgIpc) is 3.08. The third kappa shape index (κ3) is 7.11. The van der Waals surface area contributed by atoms with Crippen LogP contribution in [0.15, 0.2) is 15.8 Å². The Bertz CT molecular complexity index is 1180. The molecule has 0 spiro atoms. The first-order valence-corrected chi connectivity index (χ1v) is 14.2. The van der Waals surface area contributed by atoms with Crippen molar-refractivity contribution in [1.82, 2.24) is 9.55 Å². The van der Waals surface area contributed by atoms with Crippen LogP contribution in [0.4, 0.5) is 0 Å². The van der Waals surface area contributed by atoms with Crippen molar-refractivity contribution in [3.63, 3.8) is 0 Å². The molecule has 1 aromatic rings. The van der Waals surface area contributed by atoms with Crippen LogP contribution in [0, 0.1) is 3.57 Å². The molecule has 0 bridgehead atoms. The number of H-pyrrole nitrogens is 1. The lowest BCUT2D eigenvalue weighted by Gasteiger charge is -2.39. The van der Waals surface area contributed by atoms with Crippen LogP contribution in [0.5, 0.6) is 0 Å². The molecule has 3 rings (SSSR count). The first kappa shape index (κ1) is 30.9. The summed E-state index contributed by atoms with van der Waals surface area (Å²) in [6.07, 6.45) is -15.3. The molecule has 19 nitrogen and oxygen atoms in total. The fourth-order valence-corrected chi connectivity index (χ4v) is 5.97. The Morgan fingerprint density at radius 1 is 0.946 bits per heavy atom. The number of phosphoric ester groups is 2. The molecular weight excluding hydrogens is 669 g/mol. The number of ether oxygens (including phenoxy) is 2. The highest BCUT2D eigenvalue weighted by Crippen LogP contribution is 2.61. The number of aliphatic hydroxyl groups is 6. The number of aromatic nitrogens is 2. The average molecular weight is 692 g/mol. The monoisotopic (exact) mass is 692 g/mol. The topological polar surface area (TPSA) is 297 Å². The van der Waals surface area contributed by atoms with Crippen molar-refractivity contribution < 1.29 is 72.4 Å². The Morgan fingerprint density at radius 2 is 1.57 bits per heavy atom. The van der Waals surface area contributed by atoms with Crippen LogP contribution in [0.25, 0.3) is 0 Å². The smallest absolute Gasteiger partial charge is 0.394 e. The number of phosphoric acid groups is 2. The van der Waals surface area contributed by atoms with Gasteiger partial charge in [0.2, 0.25) is 0 Å². The fourth-order valence-electron chi connectivity index (χ4n) is 3.37. The first-order chi connectivity index (χ1) is 17.1. The molecule has 37 heavy (non-hydrogen) atoms. The molecule has 0 radical (unpaired) electrons. The van der Waals surface area contributed by atoms with Crippen molar-refractivity contribution in [2.75, 3.05) is 13.2 Å². The summed E-state index contributed by atoms with van der Waals surface area (Å²) in [5, 5.41) is 58.8. The summed E-state index contributed by atoms with van der Waals surface area (Å²) < 4.78 is 48.3. The molecule has 11 atom stereocenters. The number of hydrogen-bond acceptors (Lipinski definition) is 15. The van der Waals surface area contributed by atoms with Gasteiger partial charge in [-0.25, -0.2) is 13.9 Å². The maximum absolute atomic E-state index is 12.2. The van der Waals surface area contributed by atoms with Gasteiger partial charge in [0.05, 0.1) is 16.8 Å². The van der Waals surface area contributed by atoms with Gasteiger partial charge in [0.25, 0.3) is 5.56 Å². The SMILES string of the molecule is O=c1[nH]c(=O)n([C@@H]2O[C@H](COP(=O)(O)OP(=O)(O)O[C@H]3O[C@H](CO)[C@@H](O)[C@H](O)[C@H]3O)[C@@H](O)[C@H]2O)cc1I. The summed E-state index contributed by atoms with van der Waals surface area (Å²) in [5.41, 5.74) is -1.71. The van der Waals surface area contributed by atoms with E-state index in [1.165, 1.54) is 0 Å². The maximum atomic E-state index is 12.2. The van der Waals surface area contributed by atoms with E-state index in [-0.39, 0.29) is 3.57 Å². The van der Waals surface area contributed by atoms with Crippen molar-refractivity contribution in [3.8, 4) is 0 Å². The molecule has 3 heterocycles. The largest absolute Gasteiger partial charge is 0.483 e. The highest BCUT2D eigenvalue weighted by atomic mass is 127. The van der Waals surface area contributed by atoms with E-state index >= 15 is 0 Å². The molecule has 22 heteroatoms. The number of halogens is 1. The van der Waals surface area contributed by atoms with Crippen molar-refractivity contribution in [3.05, 3.63) is 30.6 Å². The van der Waals surface area contributed by atoms with Crippen LogP contribution in [-0.2, 0) is 32.0 Å². The predicted molar refractivity (Wildman–Crippen MR) is 122 cm³/mol. The van der Waals surface area contributed by atoms with E-state index in [1.807, 2.05) is 4.98 Å². The Labute approximate surface area is 219 Å². The molecule has 2 fully saturated rings. The molecule has 2 unspecified atom stereocenters. The van der Waals surface area contributed by atoms with E-state index in [4.69, 9.17) is 14.6 Å². The van der Waals surface area contributed by atoms with Crippen molar-refractivity contribution in [2.24, 2.45) is 0 Å². The van der Waals surface area contributed by atoms with Gasteiger partial charge in [-0.05, 0) is 22.6 Å². The lowest BCUT2D eigenvalue weighted by molar-refractivity contribution is -0.280. The molecule has 2 aliphatic heterocycles. The van der Waals surface area contributed by atoms with E-state index in [0.717, 1.165) is 10.8 Å². The van der Waals surface area contributed by atoms with Gasteiger partial charge in [0.1, 0.15) is 42.7 Å².